The van der Waals surface area contributed by atoms with E-state index in [1.165, 1.54) is 12.5 Å². The summed E-state index contributed by atoms with van der Waals surface area (Å²) in [6, 6.07) is 4.97. The number of anilines is 1. The predicted molar refractivity (Wildman–Crippen MR) is 72.8 cm³/mol. The number of ether oxygens (including phenoxy) is 1. The molecule has 1 aromatic carbocycles. The molecule has 1 aromatic rings. The third kappa shape index (κ3) is 3.43. The molecule has 1 fully saturated rings. The Hall–Kier alpha value is -1.14. The Morgan fingerprint density at radius 3 is 3.00 bits per heavy atom. The second-order valence-corrected chi connectivity index (χ2v) is 5.24. The Bertz CT molecular complexity index is 433. The van der Waals surface area contributed by atoms with E-state index in [1.54, 1.807) is 12.1 Å². The van der Waals surface area contributed by atoms with Crippen LogP contribution < -0.4 is 5.32 Å². The molecule has 0 aromatic heterocycles. The van der Waals surface area contributed by atoms with E-state index in [2.05, 4.69) is 21.2 Å². The number of nitro benzene ring substituents is 1. The van der Waals surface area contributed by atoms with E-state index in [0.29, 0.717) is 10.4 Å². The summed E-state index contributed by atoms with van der Waals surface area (Å²) in [6.07, 6.45) is 2.28. The van der Waals surface area contributed by atoms with E-state index in [4.69, 9.17) is 4.74 Å². The van der Waals surface area contributed by atoms with Crippen molar-refractivity contribution >= 4 is 27.3 Å². The first-order valence-corrected chi connectivity index (χ1v) is 6.71. The number of nitrogens with one attached hydrogen (secondary N) is 1. The lowest BCUT2D eigenvalue weighted by molar-refractivity contribution is -0.385. The van der Waals surface area contributed by atoms with E-state index in [0.717, 1.165) is 31.9 Å². The smallest absolute Gasteiger partial charge is 0.283 e. The topological polar surface area (TPSA) is 64.4 Å². The summed E-state index contributed by atoms with van der Waals surface area (Å²) in [5.74, 6) is 0.521. The van der Waals surface area contributed by atoms with Gasteiger partial charge in [-0.05, 0) is 46.8 Å². The SMILES string of the molecule is O=[N+]([O-])c1ccc(NCC2CCCOC2)cc1Br. The van der Waals surface area contributed by atoms with Crippen LogP contribution in [0.25, 0.3) is 0 Å². The molecule has 0 saturated carbocycles. The van der Waals surface area contributed by atoms with Crippen molar-refractivity contribution in [3.05, 3.63) is 32.8 Å². The molecule has 6 heteroatoms. The van der Waals surface area contributed by atoms with Crippen LogP contribution in [0.3, 0.4) is 0 Å². The minimum atomic E-state index is -0.400. The van der Waals surface area contributed by atoms with Crippen molar-refractivity contribution in [1.82, 2.24) is 0 Å². The zero-order valence-corrected chi connectivity index (χ0v) is 11.5. The molecule has 0 radical (unpaired) electrons. The number of benzene rings is 1. The molecule has 0 spiro atoms. The van der Waals surface area contributed by atoms with Gasteiger partial charge in [0.2, 0.25) is 0 Å². The van der Waals surface area contributed by atoms with Crippen molar-refractivity contribution in [1.29, 1.82) is 0 Å². The van der Waals surface area contributed by atoms with Crippen LogP contribution in [-0.2, 0) is 4.74 Å². The van der Waals surface area contributed by atoms with Crippen LogP contribution in [0.1, 0.15) is 12.8 Å². The highest BCUT2D eigenvalue weighted by Crippen LogP contribution is 2.28. The molecule has 1 unspecified atom stereocenters. The fourth-order valence-corrected chi connectivity index (χ4v) is 2.52. The zero-order valence-electron chi connectivity index (χ0n) is 9.89. The van der Waals surface area contributed by atoms with Crippen molar-refractivity contribution in [3.8, 4) is 0 Å². The lowest BCUT2D eigenvalue weighted by Gasteiger charge is -2.22. The molecule has 1 aliphatic rings. The molecular formula is C12H15BrN2O3. The van der Waals surface area contributed by atoms with E-state index in [9.17, 15) is 10.1 Å². The van der Waals surface area contributed by atoms with Crippen LogP contribution in [0, 0.1) is 16.0 Å². The monoisotopic (exact) mass is 314 g/mol. The van der Waals surface area contributed by atoms with E-state index in [1.807, 2.05) is 0 Å². The van der Waals surface area contributed by atoms with Crippen LogP contribution in [0.4, 0.5) is 11.4 Å². The molecule has 0 aliphatic carbocycles. The molecule has 2 rings (SSSR count). The van der Waals surface area contributed by atoms with Crippen LogP contribution in [0.5, 0.6) is 0 Å². The van der Waals surface area contributed by atoms with Crippen LogP contribution >= 0.6 is 15.9 Å². The van der Waals surface area contributed by atoms with Crippen LogP contribution in [-0.4, -0.2) is 24.7 Å². The normalized spacial score (nSPS) is 19.5. The van der Waals surface area contributed by atoms with E-state index in [-0.39, 0.29) is 5.69 Å². The standard InChI is InChI=1S/C12H15BrN2O3/c13-11-6-10(3-4-12(11)15(16)17)14-7-9-2-1-5-18-8-9/h3-4,6,9,14H,1-2,5,7-8H2. The van der Waals surface area contributed by atoms with E-state index < -0.39 is 4.92 Å². The average Bonchev–Trinajstić information content (AvgIpc) is 2.37. The van der Waals surface area contributed by atoms with Gasteiger partial charge in [-0.15, -0.1) is 0 Å². The predicted octanol–water partition coefficient (Wildman–Crippen LogP) is 3.20. The quantitative estimate of drug-likeness (QED) is 0.684. The molecule has 98 valence electrons. The molecule has 0 amide bonds. The molecule has 1 aliphatic heterocycles. The number of nitrogens with zero attached hydrogens (tertiary/aromatic N) is 1. The number of hydrogen-bond donors (Lipinski definition) is 1. The van der Waals surface area contributed by atoms with Gasteiger partial charge in [-0.3, -0.25) is 10.1 Å². The average molecular weight is 315 g/mol. The fraction of sp³-hybridized carbons (Fsp3) is 0.500. The Morgan fingerprint density at radius 1 is 1.56 bits per heavy atom. The molecule has 1 heterocycles. The minimum absolute atomic E-state index is 0.0848. The highest BCUT2D eigenvalue weighted by atomic mass is 79.9. The van der Waals surface area contributed by atoms with Crippen molar-refractivity contribution in [2.45, 2.75) is 12.8 Å². The first-order chi connectivity index (χ1) is 8.66. The van der Waals surface area contributed by atoms with Gasteiger partial charge in [0.05, 0.1) is 16.0 Å². The van der Waals surface area contributed by atoms with Gasteiger partial charge in [0, 0.05) is 24.9 Å². The highest BCUT2D eigenvalue weighted by Gasteiger charge is 2.15. The Labute approximate surface area is 114 Å². The molecule has 1 atom stereocenters. The maximum atomic E-state index is 10.7. The fourth-order valence-electron chi connectivity index (χ4n) is 2.00. The van der Waals surface area contributed by atoms with Crippen molar-refractivity contribution in [2.24, 2.45) is 5.92 Å². The van der Waals surface area contributed by atoms with Crippen LogP contribution in [0.15, 0.2) is 22.7 Å². The first kappa shape index (κ1) is 13.3. The molecule has 1 N–H and O–H groups in total. The lowest BCUT2D eigenvalue weighted by atomic mass is 10.0. The summed E-state index contributed by atoms with van der Waals surface area (Å²) >= 11 is 3.21. The summed E-state index contributed by atoms with van der Waals surface area (Å²) in [7, 11) is 0. The summed E-state index contributed by atoms with van der Waals surface area (Å²) in [6.45, 7) is 2.49. The van der Waals surface area contributed by atoms with E-state index >= 15 is 0 Å². The van der Waals surface area contributed by atoms with Gasteiger partial charge >= 0.3 is 0 Å². The van der Waals surface area contributed by atoms with Gasteiger partial charge in [0.25, 0.3) is 5.69 Å². The maximum Gasteiger partial charge on any atom is 0.283 e. The minimum Gasteiger partial charge on any atom is -0.385 e. The third-order valence-electron chi connectivity index (χ3n) is 2.99. The Kier molecular flexibility index (Phi) is 4.54. The first-order valence-electron chi connectivity index (χ1n) is 5.92. The van der Waals surface area contributed by atoms with Crippen molar-refractivity contribution < 1.29 is 9.66 Å². The van der Waals surface area contributed by atoms with Gasteiger partial charge in [0.1, 0.15) is 0 Å². The van der Waals surface area contributed by atoms with Crippen molar-refractivity contribution in [3.63, 3.8) is 0 Å². The summed E-state index contributed by atoms with van der Waals surface area (Å²) in [5, 5.41) is 14.0. The molecule has 1 saturated heterocycles. The van der Waals surface area contributed by atoms with Gasteiger partial charge in [-0.25, -0.2) is 0 Å². The van der Waals surface area contributed by atoms with Gasteiger partial charge in [-0.1, -0.05) is 0 Å². The second kappa shape index (κ2) is 6.15. The highest BCUT2D eigenvalue weighted by molar-refractivity contribution is 9.10. The molecule has 5 nitrogen and oxygen atoms in total. The third-order valence-corrected chi connectivity index (χ3v) is 3.63. The van der Waals surface area contributed by atoms with Crippen LogP contribution in [0.2, 0.25) is 0 Å². The van der Waals surface area contributed by atoms with Crippen molar-refractivity contribution in [2.75, 3.05) is 25.1 Å². The summed E-state index contributed by atoms with van der Waals surface area (Å²) in [4.78, 5) is 10.3. The second-order valence-electron chi connectivity index (χ2n) is 4.39. The van der Waals surface area contributed by atoms with Gasteiger partial charge in [-0.2, -0.15) is 0 Å². The molecule has 0 bridgehead atoms. The Balaban J connectivity index is 1.93. The zero-order chi connectivity index (χ0) is 13.0. The number of hydrogen-bond acceptors (Lipinski definition) is 4. The number of rotatable bonds is 4. The summed E-state index contributed by atoms with van der Waals surface area (Å²) < 4.78 is 5.90. The lowest BCUT2D eigenvalue weighted by Crippen LogP contribution is -2.24. The largest absolute Gasteiger partial charge is 0.385 e. The Morgan fingerprint density at radius 2 is 2.39 bits per heavy atom. The van der Waals surface area contributed by atoms with Gasteiger partial charge < -0.3 is 10.1 Å². The molecule has 18 heavy (non-hydrogen) atoms. The number of nitro groups is 1. The number of halogens is 1. The summed E-state index contributed by atoms with van der Waals surface area (Å²) in [5.41, 5.74) is 0.972. The molecular weight excluding hydrogens is 300 g/mol. The maximum absolute atomic E-state index is 10.7. The van der Waals surface area contributed by atoms with Gasteiger partial charge in [0.15, 0.2) is 0 Å².